The normalized spacial score (nSPS) is 11.0. The predicted octanol–water partition coefficient (Wildman–Crippen LogP) is 5.77. The zero-order valence-electron chi connectivity index (χ0n) is 15.9. The Hall–Kier alpha value is -2.81. The highest BCUT2D eigenvalue weighted by atomic mass is 16.5. The second-order valence-electron chi connectivity index (χ2n) is 6.29. The molecule has 3 nitrogen and oxygen atoms in total. The highest BCUT2D eigenvalue weighted by Crippen LogP contribution is 2.21. The lowest BCUT2D eigenvalue weighted by molar-refractivity contribution is 0.0526. The van der Waals surface area contributed by atoms with E-state index in [1.54, 1.807) is 19.1 Å². The van der Waals surface area contributed by atoms with Crippen molar-refractivity contribution in [3.05, 3.63) is 76.9 Å². The van der Waals surface area contributed by atoms with Gasteiger partial charge < -0.3 is 9.47 Å². The first kappa shape index (κ1) is 19.5. The molecule has 0 aliphatic heterocycles. The summed E-state index contributed by atoms with van der Waals surface area (Å²) in [5.74, 6) is 0.571. The van der Waals surface area contributed by atoms with E-state index in [0.29, 0.717) is 18.8 Å². The molecule has 2 rings (SSSR count). The largest absolute Gasteiger partial charge is 0.490 e. The minimum Gasteiger partial charge on any atom is -0.490 e. The average Bonchev–Trinajstić information content (AvgIpc) is 2.63. The fourth-order valence-electron chi connectivity index (χ4n) is 2.38. The van der Waals surface area contributed by atoms with Crippen LogP contribution in [0, 0.1) is 0 Å². The van der Waals surface area contributed by atoms with Crippen LogP contribution >= 0.6 is 0 Å². The van der Waals surface area contributed by atoms with Crippen LogP contribution in [0.25, 0.3) is 11.6 Å². The summed E-state index contributed by atoms with van der Waals surface area (Å²) in [6.45, 7) is 8.95. The molecular weight excluding hydrogens is 324 g/mol. The summed E-state index contributed by atoms with van der Waals surface area (Å²) in [4.78, 5) is 11.7. The van der Waals surface area contributed by atoms with Crippen LogP contribution in [-0.2, 0) is 4.74 Å². The first-order valence-electron chi connectivity index (χ1n) is 8.81. The molecule has 0 aliphatic carbocycles. The third-order valence-electron chi connectivity index (χ3n) is 3.86. The third-order valence-corrected chi connectivity index (χ3v) is 3.86. The van der Waals surface area contributed by atoms with E-state index < -0.39 is 0 Å². The Kier molecular flexibility index (Phi) is 7.22. The maximum absolute atomic E-state index is 11.7. The van der Waals surface area contributed by atoms with Crippen molar-refractivity contribution in [3.63, 3.8) is 0 Å². The average molecular weight is 350 g/mol. The molecule has 26 heavy (non-hydrogen) atoms. The minimum absolute atomic E-state index is 0.288. The number of hydrogen-bond acceptors (Lipinski definition) is 3. The van der Waals surface area contributed by atoms with Gasteiger partial charge in [0.15, 0.2) is 0 Å². The zero-order chi connectivity index (χ0) is 18.9. The lowest BCUT2D eigenvalue weighted by Gasteiger charge is -2.07. The van der Waals surface area contributed by atoms with Gasteiger partial charge >= 0.3 is 5.97 Å². The summed E-state index contributed by atoms with van der Waals surface area (Å²) < 4.78 is 10.7. The summed E-state index contributed by atoms with van der Waals surface area (Å²) in [6.07, 6.45) is 4.15. The van der Waals surface area contributed by atoms with Gasteiger partial charge in [-0.25, -0.2) is 4.79 Å². The predicted molar refractivity (Wildman–Crippen MR) is 107 cm³/mol. The second kappa shape index (κ2) is 9.62. The van der Waals surface area contributed by atoms with Crippen LogP contribution in [0.15, 0.2) is 60.2 Å². The van der Waals surface area contributed by atoms with Crippen molar-refractivity contribution in [2.45, 2.75) is 27.7 Å². The summed E-state index contributed by atoms with van der Waals surface area (Å²) in [6, 6.07) is 15.5. The Morgan fingerprint density at radius 3 is 2.12 bits per heavy atom. The number of esters is 1. The summed E-state index contributed by atoms with van der Waals surface area (Å²) in [5.41, 5.74) is 5.13. The molecule has 0 unspecified atom stereocenters. The topological polar surface area (TPSA) is 35.5 Å². The quantitative estimate of drug-likeness (QED) is 0.361. The molecule has 0 atom stereocenters. The Balaban J connectivity index is 2.04. The number of benzene rings is 2. The van der Waals surface area contributed by atoms with Crippen LogP contribution in [0.1, 0.15) is 49.2 Å². The van der Waals surface area contributed by atoms with Crippen LogP contribution in [-0.4, -0.2) is 19.2 Å². The molecule has 2 aromatic carbocycles. The van der Waals surface area contributed by atoms with Gasteiger partial charge in [0.2, 0.25) is 0 Å². The van der Waals surface area contributed by atoms with Crippen LogP contribution < -0.4 is 4.74 Å². The van der Waals surface area contributed by atoms with Gasteiger partial charge in [-0.3, -0.25) is 0 Å². The van der Waals surface area contributed by atoms with Gasteiger partial charge in [-0.15, -0.1) is 0 Å². The monoisotopic (exact) mass is 350 g/mol. The molecule has 0 radical (unpaired) electrons. The number of carbonyl (C=O) groups excluding carboxylic acids is 1. The standard InChI is InChI=1S/C23H26O3/c1-5-25-23(24)21-8-6-19(7-9-21)16-18(4)20-10-12-22(13-11-20)26-15-14-17(2)3/h6-14,16H,5,15H2,1-4H3/b18-16+. The Bertz CT molecular complexity index is 777. The van der Waals surface area contributed by atoms with Crippen LogP contribution in [0.3, 0.4) is 0 Å². The number of allylic oxidation sites excluding steroid dienone is 2. The molecule has 3 heteroatoms. The maximum atomic E-state index is 11.7. The van der Waals surface area contributed by atoms with Crippen molar-refractivity contribution in [2.75, 3.05) is 13.2 Å². The number of ether oxygens (including phenoxy) is 2. The fraction of sp³-hybridized carbons (Fsp3) is 0.261. The molecule has 0 amide bonds. The van der Waals surface area contributed by atoms with Crippen LogP contribution in [0.4, 0.5) is 0 Å². The van der Waals surface area contributed by atoms with Crippen molar-refractivity contribution in [1.82, 2.24) is 0 Å². The molecule has 136 valence electrons. The maximum Gasteiger partial charge on any atom is 0.338 e. The molecule has 2 aromatic rings. The van der Waals surface area contributed by atoms with Crippen molar-refractivity contribution >= 4 is 17.6 Å². The van der Waals surface area contributed by atoms with Gasteiger partial charge in [0.1, 0.15) is 12.4 Å². The molecule has 0 bridgehead atoms. The molecular formula is C23H26O3. The number of rotatable bonds is 7. The lowest BCUT2D eigenvalue weighted by Crippen LogP contribution is -2.03. The van der Waals surface area contributed by atoms with Crippen molar-refractivity contribution in [2.24, 2.45) is 0 Å². The SMILES string of the molecule is CCOC(=O)c1ccc(/C=C(\C)c2ccc(OCC=C(C)C)cc2)cc1. The molecule has 0 saturated carbocycles. The summed E-state index contributed by atoms with van der Waals surface area (Å²) in [5, 5.41) is 0. The van der Waals surface area contributed by atoms with E-state index in [1.165, 1.54) is 5.57 Å². The molecule has 0 N–H and O–H groups in total. The van der Waals surface area contributed by atoms with E-state index >= 15 is 0 Å². The number of carbonyl (C=O) groups is 1. The zero-order valence-corrected chi connectivity index (χ0v) is 15.9. The first-order chi connectivity index (χ1) is 12.5. The van der Waals surface area contributed by atoms with E-state index in [-0.39, 0.29) is 5.97 Å². The fourth-order valence-corrected chi connectivity index (χ4v) is 2.38. The van der Waals surface area contributed by atoms with Crippen LogP contribution in [0.2, 0.25) is 0 Å². The van der Waals surface area contributed by atoms with Crippen LogP contribution in [0.5, 0.6) is 5.75 Å². The van der Waals surface area contributed by atoms with Gasteiger partial charge in [0.05, 0.1) is 12.2 Å². The summed E-state index contributed by atoms with van der Waals surface area (Å²) in [7, 11) is 0. The Morgan fingerprint density at radius 1 is 0.923 bits per heavy atom. The smallest absolute Gasteiger partial charge is 0.338 e. The highest BCUT2D eigenvalue weighted by Gasteiger charge is 2.05. The van der Waals surface area contributed by atoms with E-state index in [4.69, 9.17) is 9.47 Å². The van der Waals surface area contributed by atoms with Gasteiger partial charge in [0, 0.05) is 0 Å². The van der Waals surface area contributed by atoms with Crippen molar-refractivity contribution in [3.8, 4) is 5.75 Å². The summed E-state index contributed by atoms with van der Waals surface area (Å²) >= 11 is 0. The van der Waals surface area contributed by atoms with Crippen molar-refractivity contribution < 1.29 is 14.3 Å². The second-order valence-corrected chi connectivity index (χ2v) is 6.29. The van der Waals surface area contributed by atoms with Gasteiger partial charge in [-0.1, -0.05) is 35.9 Å². The van der Waals surface area contributed by atoms with E-state index in [9.17, 15) is 4.79 Å². The minimum atomic E-state index is -0.288. The molecule has 0 aliphatic rings. The third kappa shape index (κ3) is 5.92. The van der Waals surface area contributed by atoms with Gasteiger partial charge in [-0.2, -0.15) is 0 Å². The van der Waals surface area contributed by atoms with Gasteiger partial charge in [0.25, 0.3) is 0 Å². The molecule has 0 aromatic heterocycles. The molecule has 0 fully saturated rings. The number of hydrogen-bond donors (Lipinski definition) is 0. The van der Waals surface area contributed by atoms with E-state index in [2.05, 4.69) is 45.1 Å². The molecule has 0 spiro atoms. The molecule has 0 heterocycles. The molecule has 0 saturated heterocycles. The Labute approximate surface area is 156 Å². The Morgan fingerprint density at radius 2 is 1.54 bits per heavy atom. The van der Waals surface area contributed by atoms with Crippen molar-refractivity contribution in [1.29, 1.82) is 0 Å². The van der Waals surface area contributed by atoms with E-state index in [1.807, 2.05) is 24.3 Å². The first-order valence-corrected chi connectivity index (χ1v) is 8.81. The lowest BCUT2D eigenvalue weighted by atomic mass is 10.0. The van der Waals surface area contributed by atoms with Gasteiger partial charge in [-0.05, 0) is 74.7 Å². The van der Waals surface area contributed by atoms with E-state index in [0.717, 1.165) is 22.4 Å². The highest BCUT2D eigenvalue weighted by molar-refractivity contribution is 5.90.